The summed E-state index contributed by atoms with van der Waals surface area (Å²) in [5, 5.41) is 0. The van der Waals surface area contributed by atoms with Crippen LogP contribution in [0.4, 0.5) is 0 Å². The summed E-state index contributed by atoms with van der Waals surface area (Å²) in [4.78, 5) is 2.38. The molecule has 1 atom stereocenters. The largest absolute Gasteiger partial charge is 0.381 e. The highest BCUT2D eigenvalue weighted by Crippen LogP contribution is 2.16. The Morgan fingerprint density at radius 2 is 2.11 bits per heavy atom. The van der Waals surface area contributed by atoms with Gasteiger partial charge in [0.05, 0.1) is 6.61 Å². The van der Waals surface area contributed by atoms with Gasteiger partial charge in [-0.15, -0.1) is 0 Å². The number of nitrogens with zero attached hydrogens (tertiary/aromatic N) is 1. The maximum absolute atomic E-state index is 5.77. The lowest BCUT2D eigenvalue weighted by molar-refractivity contribution is 0.0411. The molecule has 0 aliphatic carbocycles. The van der Waals surface area contributed by atoms with Gasteiger partial charge >= 0.3 is 0 Å². The molecule has 1 fully saturated rings. The third-order valence-corrected chi connectivity index (χ3v) is 3.60. The van der Waals surface area contributed by atoms with E-state index in [0.29, 0.717) is 12.5 Å². The first-order valence-electron chi connectivity index (χ1n) is 6.82. The molecule has 1 heterocycles. The molecule has 3 nitrogen and oxygen atoms in total. The summed E-state index contributed by atoms with van der Waals surface area (Å²) >= 11 is 0. The molecule has 0 bridgehead atoms. The molecule has 1 aromatic rings. The molecule has 100 valence electrons. The molecule has 0 radical (unpaired) electrons. The van der Waals surface area contributed by atoms with E-state index < -0.39 is 0 Å². The van der Waals surface area contributed by atoms with Gasteiger partial charge in [-0.3, -0.25) is 0 Å². The van der Waals surface area contributed by atoms with Crippen molar-refractivity contribution in [1.29, 1.82) is 0 Å². The van der Waals surface area contributed by atoms with E-state index in [0.717, 1.165) is 26.3 Å². The number of ether oxygens (including phenoxy) is 1. The van der Waals surface area contributed by atoms with Crippen LogP contribution in [0.5, 0.6) is 0 Å². The number of nitrogens with two attached hydrogens (primary N) is 1. The van der Waals surface area contributed by atoms with Crippen molar-refractivity contribution in [2.45, 2.75) is 25.9 Å². The van der Waals surface area contributed by atoms with Crippen LogP contribution in [0.2, 0.25) is 0 Å². The average molecular weight is 248 g/mol. The van der Waals surface area contributed by atoms with E-state index in [4.69, 9.17) is 10.5 Å². The van der Waals surface area contributed by atoms with Gasteiger partial charge in [-0.2, -0.15) is 0 Å². The lowest BCUT2D eigenvalue weighted by Crippen LogP contribution is -2.30. The van der Waals surface area contributed by atoms with E-state index in [9.17, 15) is 0 Å². The van der Waals surface area contributed by atoms with Crippen LogP contribution in [0.1, 0.15) is 24.0 Å². The van der Waals surface area contributed by atoms with Crippen molar-refractivity contribution < 1.29 is 4.74 Å². The Morgan fingerprint density at radius 3 is 2.78 bits per heavy atom. The summed E-state index contributed by atoms with van der Waals surface area (Å²) in [7, 11) is 2.18. The highest BCUT2D eigenvalue weighted by atomic mass is 16.5. The Morgan fingerprint density at radius 1 is 1.33 bits per heavy atom. The molecule has 0 aromatic heterocycles. The molecule has 1 saturated heterocycles. The summed E-state index contributed by atoms with van der Waals surface area (Å²) in [6, 6.07) is 8.44. The third kappa shape index (κ3) is 3.80. The zero-order chi connectivity index (χ0) is 12.8. The first-order chi connectivity index (χ1) is 8.79. The van der Waals surface area contributed by atoms with Crippen LogP contribution in [-0.4, -0.2) is 31.7 Å². The van der Waals surface area contributed by atoms with Gasteiger partial charge in [0.25, 0.3) is 0 Å². The van der Waals surface area contributed by atoms with Gasteiger partial charge in [0.1, 0.15) is 0 Å². The minimum absolute atomic E-state index is 0.622. The first-order valence-corrected chi connectivity index (χ1v) is 6.82. The summed E-state index contributed by atoms with van der Waals surface area (Å²) in [5.74, 6) is 0.689. The van der Waals surface area contributed by atoms with E-state index in [1.807, 2.05) is 0 Å². The van der Waals surface area contributed by atoms with E-state index in [2.05, 4.69) is 36.2 Å². The Hall–Kier alpha value is -0.900. The molecule has 1 aliphatic heterocycles. The number of hydrogen-bond acceptors (Lipinski definition) is 3. The quantitative estimate of drug-likeness (QED) is 0.866. The van der Waals surface area contributed by atoms with Crippen LogP contribution >= 0.6 is 0 Å². The average Bonchev–Trinajstić information content (AvgIpc) is 2.40. The van der Waals surface area contributed by atoms with Crippen molar-refractivity contribution in [2.24, 2.45) is 11.7 Å². The minimum atomic E-state index is 0.622. The molecule has 0 spiro atoms. The minimum Gasteiger partial charge on any atom is -0.381 e. The van der Waals surface area contributed by atoms with Crippen molar-refractivity contribution in [3.8, 4) is 0 Å². The standard InChI is InChI=1S/C15H24N2O/c1-17(10-13-5-4-8-18-12-13)11-15-7-3-2-6-14(15)9-16/h2-3,6-7,13H,4-5,8-12,16H2,1H3. The van der Waals surface area contributed by atoms with E-state index >= 15 is 0 Å². The van der Waals surface area contributed by atoms with Gasteiger partial charge in [0.2, 0.25) is 0 Å². The van der Waals surface area contributed by atoms with Gasteiger partial charge in [0.15, 0.2) is 0 Å². The SMILES string of the molecule is CN(Cc1ccccc1CN)CC1CCCOC1. The smallest absolute Gasteiger partial charge is 0.0506 e. The predicted molar refractivity (Wildman–Crippen MR) is 74.2 cm³/mol. The first kappa shape index (κ1) is 13.5. The molecule has 1 aliphatic rings. The molecular formula is C15H24N2O. The summed E-state index contributed by atoms with van der Waals surface area (Å²) in [6.07, 6.45) is 2.50. The van der Waals surface area contributed by atoms with Crippen molar-refractivity contribution in [3.63, 3.8) is 0 Å². The van der Waals surface area contributed by atoms with Crippen LogP contribution in [-0.2, 0) is 17.8 Å². The lowest BCUT2D eigenvalue weighted by Gasteiger charge is -2.27. The second kappa shape index (κ2) is 6.88. The Bertz CT molecular complexity index is 361. The van der Waals surface area contributed by atoms with E-state index in [-0.39, 0.29) is 0 Å². The molecule has 18 heavy (non-hydrogen) atoms. The zero-order valence-corrected chi connectivity index (χ0v) is 11.3. The molecule has 1 unspecified atom stereocenters. The van der Waals surface area contributed by atoms with Gasteiger partial charge < -0.3 is 15.4 Å². The highest BCUT2D eigenvalue weighted by molar-refractivity contribution is 5.26. The van der Waals surface area contributed by atoms with Gasteiger partial charge in [-0.25, -0.2) is 0 Å². The number of rotatable bonds is 5. The van der Waals surface area contributed by atoms with Crippen molar-refractivity contribution in [1.82, 2.24) is 4.90 Å². The van der Waals surface area contributed by atoms with E-state index in [1.165, 1.54) is 24.0 Å². The Balaban J connectivity index is 1.87. The fourth-order valence-corrected chi connectivity index (χ4v) is 2.66. The molecule has 3 heteroatoms. The second-order valence-corrected chi connectivity index (χ2v) is 5.25. The normalized spacial score (nSPS) is 20.3. The van der Waals surface area contributed by atoms with Crippen LogP contribution in [0.25, 0.3) is 0 Å². The molecule has 2 rings (SSSR count). The maximum Gasteiger partial charge on any atom is 0.0506 e. The molecule has 0 saturated carbocycles. The highest BCUT2D eigenvalue weighted by Gasteiger charge is 2.16. The van der Waals surface area contributed by atoms with Crippen LogP contribution in [0.3, 0.4) is 0 Å². The van der Waals surface area contributed by atoms with Gasteiger partial charge in [-0.1, -0.05) is 24.3 Å². The van der Waals surface area contributed by atoms with Crippen LogP contribution in [0, 0.1) is 5.92 Å². The van der Waals surface area contributed by atoms with Crippen molar-refractivity contribution >= 4 is 0 Å². The van der Waals surface area contributed by atoms with E-state index in [1.54, 1.807) is 0 Å². The molecule has 0 amide bonds. The second-order valence-electron chi connectivity index (χ2n) is 5.25. The maximum atomic E-state index is 5.77. The molecular weight excluding hydrogens is 224 g/mol. The monoisotopic (exact) mass is 248 g/mol. The van der Waals surface area contributed by atoms with Crippen LogP contribution in [0.15, 0.2) is 24.3 Å². The summed E-state index contributed by atoms with van der Waals surface area (Å²) in [5.41, 5.74) is 8.37. The fraction of sp³-hybridized carbons (Fsp3) is 0.600. The molecule has 2 N–H and O–H groups in total. The Labute approximate surface area is 110 Å². The van der Waals surface area contributed by atoms with Gasteiger partial charge in [-0.05, 0) is 36.9 Å². The Kier molecular flexibility index (Phi) is 5.17. The fourth-order valence-electron chi connectivity index (χ4n) is 2.66. The zero-order valence-electron chi connectivity index (χ0n) is 11.3. The van der Waals surface area contributed by atoms with Crippen molar-refractivity contribution in [2.75, 3.05) is 26.8 Å². The van der Waals surface area contributed by atoms with Gasteiger partial charge in [0, 0.05) is 26.2 Å². The predicted octanol–water partition coefficient (Wildman–Crippen LogP) is 2.00. The number of hydrogen-bond donors (Lipinski definition) is 1. The number of benzene rings is 1. The molecule has 1 aromatic carbocycles. The van der Waals surface area contributed by atoms with Crippen molar-refractivity contribution in [3.05, 3.63) is 35.4 Å². The summed E-state index contributed by atoms with van der Waals surface area (Å²) in [6.45, 7) is 4.57. The summed E-state index contributed by atoms with van der Waals surface area (Å²) < 4.78 is 5.53. The third-order valence-electron chi connectivity index (χ3n) is 3.60. The topological polar surface area (TPSA) is 38.5 Å². The lowest BCUT2D eigenvalue weighted by atomic mass is 10.0. The van der Waals surface area contributed by atoms with Crippen LogP contribution < -0.4 is 5.73 Å².